The molecule has 1 N–H and O–H groups in total. The van der Waals surface area contributed by atoms with Crippen molar-refractivity contribution in [2.75, 3.05) is 50.5 Å². The van der Waals surface area contributed by atoms with Crippen LogP contribution in [0.15, 0.2) is 12.3 Å². The van der Waals surface area contributed by atoms with Gasteiger partial charge in [0.1, 0.15) is 5.82 Å². The molecular weight excluding hydrogens is 372 g/mol. The molecule has 2 atom stereocenters. The van der Waals surface area contributed by atoms with E-state index in [9.17, 15) is 0 Å². The maximum atomic E-state index is 4.94. The van der Waals surface area contributed by atoms with Crippen LogP contribution in [0.5, 0.6) is 0 Å². The summed E-state index contributed by atoms with van der Waals surface area (Å²) in [5, 5.41) is 3.77. The second kappa shape index (κ2) is 10.8. The highest BCUT2D eigenvalue weighted by Crippen LogP contribution is 2.32. The van der Waals surface area contributed by atoms with Gasteiger partial charge in [0.25, 0.3) is 0 Å². The first-order chi connectivity index (χ1) is 14.7. The SMILES string of the molecule is CN(C)CC[C@@H]1[C@@H](Nc2nccc(N3CCCCCC3)n2)CCN1C1CCCCC1. The zero-order chi connectivity index (χ0) is 20.8. The second-order valence-corrected chi connectivity index (χ2v) is 9.87. The molecule has 1 aromatic heterocycles. The summed E-state index contributed by atoms with van der Waals surface area (Å²) in [5.41, 5.74) is 0. The summed E-state index contributed by atoms with van der Waals surface area (Å²) in [4.78, 5) is 17.2. The summed E-state index contributed by atoms with van der Waals surface area (Å²) in [7, 11) is 4.38. The number of nitrogens with zero attached hydrogens (tertiary/aromatic N) is 5. The first kappa shape index (κ1) is 21.8. The molecule has 3 fully saturated rings. The topological polar surface area (TPSA) is 47.5 Å². The third-order valence-corrected chi connectivity index (χ3v) is 7.39. The van der Waals surface area contributed by atoms with Gasteiger partial charge in [-0.25, -0.2) is 4.98 Å². The van der Waals surface area contributed by atoms with Gasteiger partial charge in [0.2, 0.25) is 5.95 Å². The second-order valence-electron chi connectivity index (χ2n) is 9.87. The maximum Gasteiger partial charge on any atom is 0.224 e. The Balaban J connectivity index is 1.44. The minimum Gasteiger partial charge on any atom is -0.356 e. The predicted molar refractivity (Wildman–Crippen MR) is 125 cm³/mol. The van der Waals surface area contributed by atoms with Gasteiger partial charge in [-0.15, -0.1) is 0 Å². The van der Waals surface area contributed by atoms with Gasteiger partial charge in [-0.1, -0.05) is 32.1 Å². The third-order valence-electron chi connectivity index (χ3n) is 7.39. The third kappa shape index (κ3) is 5.64. The summed E-state index contributed by atoms with van der Waals surface area (Å²) in [6.45, 7) is 4.61. The van der Waals surface area contributed by atoms with Crippen molar-refractivity contribution in [2.45, 2.75) is 88.8 Å². The van der Waals surface area contributed by atoms with E-state index in [2.05, 4.69) is 45.2 Å². The van der Waals surface area contributed by atoms with Gasteiger partial charge in [0.05, 0.1) is 0 Å². The van der Waals surface area contributed by atoms with Crippen LogP contribution >= 0.6 is 0 Å². The number of nitrogens with one attached hydrogen (secondary N) is 1. The van der Waals surface area contributed by atoms with Crippen molar-refractivity contribution in [1.29, 1.82) is 0 Å². The Labute approximate surface area is 183 Å². The minimum atomic E-state index is 0.450. The average Bonchev–Trinajstić information content (AvgIpc) is 2.97. The number of hydrogen-bond acceptors (Lipinski definition) is 6. The number of hydrogen-bond donors (Lipinski definition) is 1. The molecule has 0 aromatic carbocycles. The molecule has 3 aliphatic rings. The number of anilines is 2. The van der Waals surface area contributed by atoms with Crippen molar-refractivity contribution < 1.29 is 0 Å². The zero-order valence-electron chi connectivity index (χ0n) is 19.2. The van der Waals surface area contributed by atoms with Crippen LogP contribution in [-0.2, 0) is 0 Å². The molecule has 4 rings (SSSR count). The maximum absolute atomic E-state index is 4.94. The van der Waals surface area contributed by atoms with Crippen molar-refractivity contribution in [2.24, 2.45) is 0 Å². The quantitative estimate of drug-likeness (QED) is 0.728. The summed E-state index contributed by atoms with van der Waals surface area (Å²) < 4.78 is 0. The molecule has 0 amide bonds. The number of likely N-dealkylation sites (tertiary alicyclic amines) is 1. The first-order valence-corrected chi connectivity index (χ1v) is 12.5. The minimum absolute atomic E-state index is 0.450. The summed E-state index contributed by atoms with van der Waals surface area (Å²) in [6, 6.07) is 3.90. The van der Waals surface area contributed by atoms with E-state index < -0.39 is 0 Å². The molecule has 168 valence electrons. The van der Waals surface area contributed by atoms with Gasteiger partial charge in [0, 0.05) is 44.0 Å². The lowest BCUT2D eigenvalue weighted by atomic mass is 9.93. The van der Waals surface area contributed by atoms with Crippen LogP contribution in [0.2, 0.25) is 0 Å². The van der Waals surface area contributed by atoms with Gasteiger partial charge < -0.3 is 15.1 Å². The lowest BCUT2D eigenvalue weighted by Crippen LogP contribution is -2.46. The molecule has 30 heavy (non-hydrogen) atoms. The molecule has 3 heterocycles. The van der Waals surface area contributed by atoms with E-state index in [1.54, 1.807) is 0 Å². The molecule has 2 aliphatic heterocycles. The van der Waals surface area contributed by atoms with Crippen LogP contribution < -0.4 is 10.2 Å². The van der Waals surface area contributed by atoms with Gasteiger partial charge >= 0.3 is 0 Å². The molecule has 0 bridgehead atoms. The van der Waals surface area contributed by atoms with Crippen LogP contribution in [0.3, 0.4) is 0 Å². The van der Waals surface area contributed by atoms with Crippen molar-refractivity contribution in [3.63, 3.8) is 0 Å². The van der Waals surface area contributed by atoms with E-state index in [-0.39, 0.29) is 0 Å². The summed E-state index contributed by atoms with van der Waals surface area (Å²) in [6.07, 6.45) is 16.6. The summed E-state index contributed by atoms with van der Waals surface area (Å²) in [5.74, 6) is 1.92. The average molecular weight is 415 g/mol. The fourth-order valence-electron chi connectivity index (χ4n) is 5.73. The fraction of sp³-hybridized carbons (Fsp3) is 0.833. The number of rotatable bonds is 7. The van der Waals surface area contributed by atoms with Gasteiger partial charge in [-0.05, 0) is 65.2 Å². The van der Waals surface area contributed by atoms with E-state index >= 15 is 0 Å². The highest BCUT2D eigenvalue weighted by molar-refractivity contribution is 5.43. The zero-order valence-corrected chi connectivity index (χ0v) is 19.2. The summed E-state index contributed by atoms with van der Waals surface area (Å²) >= 11 is 0. The van der Waals surface area contributed by atoms with E-state index in [0.29, 0.717) is 12.1 Å². The highest BCUT2D eigenvalue weighted by atomic mass is 15.3. The van der Waals surface area contributed by atoms with Crippen LogP contribution in [0.4, 0.5) is 11.8 Å². The molecule has 0 radical (unpaired) electrons. The Bertz CT molecular complexity index is 636. The van der Waals surface area contributed by atoms with E-state index in [1.165, 1.54) is 77.2 Å². The lowest BCUT2D eigenvalue weighted by molar-refractivity contribution is 0.128. The Morgan fingerprint density at radius 3 is 2.43 bits per heavy atom. The molecule has 1 saturated carbocycles. The van der Waals surface area contributed by atoms with Crippen LogP contribution in [-0.4, -0.2) is 78.2 Å². The predicted octanol–water partition coefficient (Wildman–Crippen LogP) is 4.00. The van der Waals surface area contributed by atoms with Crippen molar-refractivity contribution in [3.8, 4) is 0 Å². The molecular formula is C24H42N6. The molecule has 6 nitrogen and oxygen atoms in total. The smallest absolute Gasteiger partial charge is 0.224 e. The van der Waals surface area contributed by atoms with Gasteiger partial charge in [-0.3, -0.25) is 4.90 Å². The van der Waals surface area contributed by atoms with Gasteiger partial charge in [0.15, 0.2) is 0 Å². The molecule has 2 saturated heterocycles. The van der Waals surface area contributed by atoms with Crippen LogP contribution in [0.1, 0.15) is 70.6 Å². The van der Waals surface area contributed by atoms with E-state index in [0.717, 1.165) is 37.4 Å². The first-order valence-electron chi connectivity index (χ1n) is 12.5. The van der Waals surface area contributed by atoms with Crippen LogP contribution in [0.25, 0.3) is 0 Å². The molecule has 1 aliphatic carbocycles. The standard InChI is InChI=1S/C24H42N6/c1-28(2)18-14-22-21(13-19-30(22)20-10-6-5-7-11-20)26-24-25-15-12-23(27-24)29-16-8-3-4-9-17-29/h12,15,20-22H,3-11,13-14,16-19H2,1-2H3,(H,25,26,27)/t21-,22+/m0/s1. The van der Waals surface area contributed by atoms with Gasteiger partial charge in [-0.2, -0.15) is 4.98 Å². The lowest BCUT2D eigenvalue weighted by Gasteiger charge is -2.37. The molecule has 0 unspecified atom stereocenters. The Morgan fingerprint density at radius 1 is 0.967 bits per heavy atom. The highest BCUT2D eigenvalue weighted by Gasteiger charge is 2.38. The fourth-order valence-corrected chi connectivity index (χ4v) is 5.73. The van der Waals surface area contributed by atoms with E-state index in [1.807, 2.05) is 6.20 Å². The van der Waals surface area contributed by atoms with Crippen molar-refractivity contribution in [3.05, 3.63) is 12.3 Å². The van der Waals surface area contributed by atoms with Crippen LogP contribution in [0, 0.1) is 0 Å². The Morgan fingerprint density at radius 2 is 1.70 bits per heavy atom. The normalized spacial score (nSPS) is 26.8. The largest absolute Gasteiger partial charge is 0.356 e. The Kier molecular flexibility index (Phi) is 7.83. The monoisotopic (exact) mass is 414 g/mol. The number of aromatic nitrogens is 2. The molecule has 0 spiro atoms. The molecule has 1 aromatic rings. The molecule has 6 heteroatoms. The van der Waals surface area contributed by atoms with E-state index in [4.69, 9.17) is 4.98 Å². The Hall–Kier alpha value is -1.40. The van der Waals surface area contributed by atoms with Crippen molar-refractivity contribution in [1.82, 2.24) is 19.8 Å². The van der Waals surface area contributed by atoms with Crippen molar-refractivity contribution >= 4 is 11.8 Å².